The fourth-order valence-corrected chi connectivity index (χ4v) is 2.91. The van der Waals surface area contributed by atoms with E-state index in [-0.39, 0.29) is 18.1 Å². The van der Waals surface area contributed by atoms with E-state index in [1.165, 1.54) is 41.7 Å². The molecule has 4 nitrogen and oxygen atoms in total. The van der Waals surface area contributed by atoms with Crippen molar-refractivity contribution in [3.8, 4) is 0 Å². The van der Waals surface area contributed by atoms with Gasteiger partial charge in [0.25, 0.3) is 5.91 Å². The molecule has 2 aromatic rings. The third kappa shape index (κ3) is 5.42. The van der Waals surface area contributed by atoms with Gasteiger partial charge in [0.05, 0.1) is 10.2 Å². The van der Waals surface area contributed by atoms with Gasteiger partial charge in [0.1, 0.15) is 5.82 Å². The molecule has 0 fully saturated rings. The van der Waals surface area contributed by atoms with Crippen molar-refractivity contribution in [3.63, 3.8) is 0 Å². The van der Waals surface area contributed by atoms with E-state index >= 15 is 0 Å². The molecular formula is C15H12BrFN2O2S. The maximum absolute atomic E-state index is 12.7. The molecule has 0 saturated carbocycles. The van der Waals surface area contributed by atoms with Crippen LogP contribution in [0.15, 0.2) is 46.3 Å². The summed E-state index contributed by atoms with van der Waals surface area (Å²) in [5, 5.41) is 0. The molecule has 0 radical (unpaired) electrons. The second-order valence-corrected chi connectivity index (χ2v) is 6.81. The minimum absolute atomic E-state index is 0.0577. The van der Waals surface area contributed by atoms with Crippen molar-refractivity contribution < 1.29 is 14.0 Å². The Morgan fingerprint density at radius 3 is 2.50 bits per heavy atom. The van der Waals surface area contributed by atoms with Crippen LogP contribution in [0.5, 0.6) is 0 Å². The summed E-state index contributed by atoms with van der Waals surface area (Å²) < 4.78 is 13.7. The van der Waals surface area contributed by atoms with Gasteiger partial charge in [0.15, 0.2) is 0 Å². The van der Waals surface area contributed by atoms with Gasteiger partial charge < -0.3 is 0 Å². The predicted octanol–water partition coefficient (Wildman–Crippen LogP) is 3.05. The van der Waals surface area contributed by atoms with Crippen LogP contribution in [-0.2, 0) is 16.0 Å². The molecule has 0 aliphatic carbocycles. The van der Waals surface area contributed by atoms with Gasteiger partial charge in [-0.2, -0.15) is 0 Å². The molecule has 2 rings (SSSR count). The molecule has 0 aliphatic heterocycles. The lowest BCUT2D eigenvalue weighted by Gasteiger charge is -2.05. The molecule has 1 aromatic carbocycles. The predicted molar refractivity (Wildman–Crippen MR) is 87.4 cm³/mol. The molecule has 0 aliphatic rings. The van der Waals surface area contributed by atoms with Crippen molar-refractivity contribution in [2.45, 2.75) is 6.42 Å². The van der Waals surface area contributed by atoms with E-state index in [4.69, 9.17) is 0 Å². The summed E-state index contributed by atoms with van der Waals surface area (Å²) in [7, 11) is 0. The molecule has 0 unspecified atom stereocenters. The van der Waals surface area contributed by atoms with Gasteiger partial charge in [-0.1, -0.05) is 12.1 Å². The largest absolute Gasteiger partial charge is 0.273 e. The number of carbonyl (C=O) groups excluding carboxylic acids is 2. The number of halogens is 2. The van der Waals surface area contributed by atoms with Crippen LogP contribution in [0.4, 0.5) is 4.39 Å². The summed E-state index contributed by atoms with van der Waals surface area (Å²) in [6, 6.07) is 9.35. The fourth-order valence-electron chi connectivity index (χ4n) is 1.58. The summed E-state index contributed by atoms with van der Waals surface area (Å²) in [4.78, 5) is 24.1. The molecule has 22 heavy (non-hydrogen) atoms. The van der Waals surface area contributed by atoms with Gasteiger partial charge in [-0.15, -0.1) is 11.3 Å². The highest BCUT2D eigenvalue weighted by atomic mass is 79.9. The van der Waals surface area contributed by atoms with Gasteiger partial charge in [0.2, 0.25) is 5.91 Å². The first-order valence-electron chi connectivity index (χ1n) is 6.29. The summed E-state index contributed by atoms with van der Waals surface area (Å²) in [5.41, 5.74) is 5.24. The molecular weight excluding hydrogens is 371 g/mol. The lowest BCUT2D eigenvalue weighted by molar-refractivity contribution is -0.126. The third-order valence-electron chi connectivity index (χ3n) is 2.60. The first kappa shape index (κ1) is 16.4. The third-order valence-corrected chi connectivity index (χ3v) is 4.18. The topological polar surface area (TPSA) is 58.2 Å². The molecule has 0 saturated heterocycles. The minimum Gasteiger partial charge on any atom is -0.273 e. The van der Waals surface area contributed by atoms with E-state index < -0.39 is 5.91 Å². The normalized spacial score (nSPS) is 10.6. The summed E-state index contributed by atoms with van der Waals surface area (Å²) in [6.45, 7) is 0. The second kappa shape index (κ2) is 7.86. The van der Waals surface area contributed by atoms with E-state index in [1.54, 1.807) is 6.08 Å². The van der Waals surface area contributed by atoms with Crippen LogP contribution in [0.3, 0.4) is 0 Å². The Hall–Kier alpha value is -1.99. The Balaban J connectivity index is 1.77. The number of benzene rings is 1. The molecule has 0 bridgehead atoms. The zero-order valence-corrected chi connectivity index (χ0v) is 13.7. The van der Waals surface area contributed by atoms with Crippen LogP contribution >= 0.6 is 27.3 Å². The first-order chi connectivity index (χ1) is 10.5. The van der Waals surface area contributed by atoms with E-state index in [1.807, 2.05) is 12.1 Å². The molecule has 1 aromatic heterocycles. The van der Waals surface area contributed by atoms with Gasteiger partial charge >= 0.3 is 0 Å². The van der Waals surface area contributed by atoms with Gasteiger partial charge in [-0.25, -0.2) is 4.39 Å². The van der Waals surface area contributed by atoms with Crippen molar-refractivity contribution in [2.24, 2.45) is 0 Å². The Morgan fingerprint density at radius 2 is 1.86 bits per heavy atom. The lowest BCUT2D eigenvalue weighted by Crippen LogP contribution is -2.41. The van der Waals surface area contributed by atoms with Crippen molar-refractivity contribution in [1.82, 2.24) is 10.9 Å². The maximum Gasteiger partial charge on any atom is 0.262 e. The summed E-state index contributed by atoms with van der Waals surface area (Å²) in [6.07, 6.45) is 3.04. The average molecular weight is 383 g/mol. The number of rotatable bonds is 4. The first-order valence-corrected chi connectivity index (χ1v) is 7.90. The summed E-state index contributed by atoms with van der Waals surface area (Å²) >= 11 is 4.82. The lowest BCUT2D eigenvalue weighted by atomic mass is 10.1. The van der Waals surface area contributed by atoms with Crippen LogP contribution < -0.4 is 10.9 Å². The van der Waals surface area contributed by atoms with Crippen molar-refractivity contribution in [3.05, 3.63) is 62.5 Å². The van der Waals surface area contributed by atoms with Crippen molar-refractivity contribution in [1.29, 1.82) is 0 Å². The molecule has 114 valence electrons. The average Bonchev–Trinajstić information content (AvgIpc) is 2.91. The monoisotopic (exact) mass is 382 g/mol. The van der Waals surface area contributed by atoms with Crippen LogP contribution in [0.25, 0.3) is 6.08 Å². The Bertz CT molecular complexity index is 698. The highest BCUT2D eigenvalue weighted by Gasteiger charge is 2.04. The minimum atomic E-state index is -0.433. The second-order valence-electron chi connectivity index (χ2n) is 4.32. The van der Waals surface area contributed by atoms with E-state index in [0.717, 1.165) is 8.66 Å². The Morgan fingerprint density at radius 1 is 1.14 bits per heavy atom. The van der Waals surface area contributed by atoms with Gasteiger partial charge in [0, 0.05) is 11.0 Å². The van der Waals surface area contributed by atoms with Crippen LogP contribution in [0.2, 0.25) is 0 Å². The highest BCUT2D eigenvalue weighted by Crippen LogP contribution is 2.22. The standard InChI is InChI=1S/C15H12BrFN2O2S/c16-13-7-5-12(22-13)6-8-14(20)18-19-15(21)9-10-1-3-11(17)4-2-10/h1-8H,9H2,(H,18,20)(H,19,21)/b8-6+. The zero-order valence-electron chi connectivity index (χ0n) is 11.3. The number of nitrogens with one attached hydrogen (secondary N) is 2. The Labute approximate surface area is 139 Å². The van der Waals surface area contributed by atoms with E-state index in [2.05, 4.69) is 26.8 Å². The number of hydrazine groups is 1. The molecule has 2 N–H and O–H groups in total. The molecule has 0 atom stereocenters. The molecule has 0 spiro atoms. The van der Waals surface area contributed by atoms with Crippen LogP contribution in [0.1, 0.15) is 10.4 Å². The number of carbonyl (C=O) groups is 2. The maximum atomic E-state index is 12.7. The Kier molecular flexibility index (Phi) is 5.85. The quantitative estimate of drug-likeness (QED) is 0.630. The van der Waals surface area contributed by atoms with Crippen LogP contribution in [-0.4, -0.2) is 11.8 Å². The molecule has 7 heteroatoms. The summed E-state index contributed by atoms with van der Waals surface area (Å²) in [5.74, 6) is -1.17. The number of hydrogen-bond donors (Lipinski definition) is 2. The van der Waals surface area contributed by atoms with Crippen molar-refractivity contribution >= 4 is 45.2 Å². The van der Waals surface area contributed by atoms with Crippen molar-refractivity contribution in [2.75, 3.05) is 0 Å². The number of hydrogen-bond acceptors (Lipinski definition) is 3. The SMILES string of the molecule is O=C(/C=C/c1ccc(Br)s1)NNC(=O)Cc1ccc(F)cc1. The molecule has 2 amide bonds. The number of amides is 2. The van der Waals surface area contributed by atoms with Gasteiger partial charge in [-0.3, -0.25) is 20.4 Å². The van der Waals surface area contributed by atoms with E-state index in [9.17, 15) is 14.0 Å². The smallest absolute Gasteiger partial charge is 0.262 e. The van der Waals surface area contributed by atoms with Gasteiger partial charge in [-0.05, 0) is 51.8 Å². The molecule has 1 heterocycles. The zero-order chi connectivity index (χ0) is 15.9. The van der Waals surface area contributed by atoms with Crippen LogP contribution in [0, 0.1) is 5.82 Å². The van der Waals surface area contributed by atoms with E-state index in [0.29, 0.717) is 5.56 Å². The highest BCUT2D eigenvalue weighted by molar-refractivity contribution is 9.11. The number of thiophene rings is 1. The fraction of sp³-hybridized carbons (Fsp3) is 0.0667.